The maximum Gasteiger partial charge on any atom is 0.119 e. The van der Waals surface area contributed by atoms with Crippen LogP contribution >= 0.6 is 0 Å². The third-order valence-electron chi connectivity index (χ3n) is 2.26. The second-order valence-electron chi connectivity index (χ2n) is 3.24. The van der Waals surface area contributed by atoms with Crippen molar-refractivity contribution in [3.63, 3.8) is 0 Å². The number of rotatable bonds is 5. The van der Waals surface area contributed by atoms with Gasteiger partial charge >= 0.3 is 0 Å². The summed E-state index contributed by atoms with van der Waals surface area (Å²) in [5, 5.41) is 9.71. The van der Waals surface area contributed by atoms with Crippen LogP contribution in [0.1, 0.15) is 17.2 Å². The van der Waals surface area contributed by atoms with Gasteiger partial charge in [-0.15, -0.1) is 13.2 Å². The third kappa shape index (κ3) is 2.70. The molecule has 1 rings (SSSR count). The van der Waals surface area contributed by atoms with Gasteiger partial charge in [-0.2, -0.15) is 0 Å². The minimum Gasteiger partial charge on any atom is -0.497 e. The van der Waals surface area contributed by atoms with Crippen LogP contribution in [-0.2, 0) is 6.42 Å². The lowest BCUT2D eigenvalue weighted by atomic mass is 9.99. The van der Waals surface area contributed by atoms with E-state index in [2.05, 4.69) is 13.2 Å². The van der Waals surface area contributed by atoms with E-state index in [0.717, 1.165) is 16.9 Å². The van der Waals surface area contributed by atoms with Gasteiger partial charge in [-0.05, 0) is 29.7 Å². The summed E-state index contributed by atoms with van der Waals surface area (Å²) in [4.78, 5) is 0. The van der Waals surface area contributed by atoms with Crippen molar-refractivity contribution in [2.45, 2.75) is 12.5 Å². The van der Waals surface area contributed by atoms with Gasteiger partial charge in [0.25, 0.3) is 0 Å². The van der Waals surface area contributed by atoms with E-state index in [1.165, 1.54) is 6.08 Å². The summed E-state index contributed by atoms with van der Waals surface area (Å²) >= 11 is 0. The summed E-state index contributed by atoms with van der Waals surface area (Å²) in [6.45, 7) is 7.26. The predicted molar refractivity (Wildman–Crippen MR) is 62.1 cm³/mol. The lowest BCUT2D eigenvalue weighted by Crippen LogP contribution is -1.99. The van der Waals surface area contributed by atoms with Crippen molar-refractivity contribution in [3.05, 3.63) is 54.6 Å². The molecular formula is C13H16O2. The normalized spacial score (nSPS) is 11.9. The number of allylic oxidation sites excluding steroid dienone is 1. The molecule has 0 fully saturated rings. The molecule has 80 valence electrons. The number of hydrogen-bond donors (Lipinski definition) is 1. The van der Waals surface area contributed by atoms with Gasteiger partial charge in [0, 0.05) is 0 Å². The Balaban J connectivity index is 3.13. The van der Waals surface area contributed by atoms with Crippen LogP contribution in [0.15, 0.2) is 43.5 Å². The zero-order valence-corrected chi connectivity index (χ0v) is 8.94. The van der Waals surface area contributed by atoms with Crippen molar-refractivity contribution in [1.29, 1.82) is 0 Å². The highest BCUT2D eigenvalue weighted by Crippen LogP contribution is 2.24. The topological polar surface area (TPSA) is 29.5 Å². The van der Waals surface area contributed by atoms with E-state index in [9.17, 15) is 5.11 Å². The highest BCUT2D eigenvalue weighted by atomic mass is 16.5. The molecule has 1 atom stereocenters. The molecule has 0 heterocycles. The molecular weight excluding hydrogens is 188 g/mol. The molecule has 0 radical (unpaired) electrons. The lowest BCUT2D eigenvalue weighted by Gasteiger charge is -2.12. The van der Waals surface area contributed by atoms with Crippen molar-refractivity contribution < 1.29 is 9.84 Å². The van der Waals surface area contributed by atoms with Crippen molar-refractivity contribution in [2.75, 3.05) is 7.11 Å². The number of aliphatic hydroxyl groups excluding tert-OH is 1. The van der Waals surface area contributed by atoms with E-state index >= 15 is 0 Å². The fourth-order valence-electron chi connectivity index (χ4n) is 1.46. The quantitative estimate of drug-likeness (QED) is 0.747. The monoisotopic (exact) mass is 204 g/mol. The molecule has 0 aliphatic heterocycles. The predicted octanol–water partition coefficient (Wildman–Crippen LogP) is 2.64. The first-order chi connectivity index (χ1) is 7.22. The van der Waals surface area contributed by atoms with Crippen molar-refractivity contribution in [2.24, 2.45) is 0 Å². The summed E-state index contributed by atoms with van der Waals surface area (Å²) in [5.41, 5.74) is 1.86. The smallest absolute Gasteiger partial charge is 0.119 e. The lowest BCUT2D eigenvalue weighted by molar-refractivity contribution is 0.228. The van der Waals surface area contributed by atoms with Crippen molar-refractivity contribution >= 4 is 0 Å². The van der Waals surface area contributed by atoms with Gasteiger partial charge in [0.05, 0.1) is 13.2 Å². The fourth-order valence-corrected chi connectivity index (χ4v) is 1.46. The van der Waals surface area contributed by atoms with Gasteiger partial charge in [0.15, 0.2) is 0 Å². The Morgan fingerprint density at radius 2 is 2.20 bits per heavy atom. The molecule has 0 aliphatic rings. The van der Waals surface area contributed by atoms with Crippen LogP contribution in [0.4, 0.5) is 0 Å². The highest BCUT2D eigenvalue weighted by Gasteiger charge is 2.09. The Labute approximate surface area is 90.5 Å². The van der Waals surface area contributed by atoms with Gasteiger partial charge in [0.2, 0.25) is 0 Å². The third-order valence-corrected chi connectivity index (χ3v) is 2.26. The molecule has 0 aromatic heterocycles. The molecule has 1 N–H and O–H groups in total. The van der Waals surface area contributed by atoms with Crippen molar-refractivity contribution in [1.82, 2.24) is 0 Å². The van der Waals surface area contributed by atoms with E-state index in [1.54, 1.807) is 13.2 Å². The fraction of sp³-hybridized carbons (Fsp3) is 0.231. The Morgan fingerprint density at radius 1 is 1.47 bits per heavy atom. The largest absolute Gasteiger partial charge is 0.497 e. The molecule has 0 saturated heterocycles. The van der Waals surface area contributed by atoms with E-state index in [-0.39, 0.29) is 0 Å². The first kappa shape index (κ1) is 11.5. The number of aliphatic hydroxyl groups is 1. The average molecular weight is 204 g/mol. The van der Waals surface area contributed by atoms with Crippen LogP contribution in [0, 0.1) is 0 Å². The van der Waals surface area contributed by atoms with Crippen LogP contribution in [0.2, 0.25) is 0 Å². The number of hydrogen-bond acceptors (Lipinski definition) is 2. The molecule has 0 aliphatic carbocycles. The molecule has 0 spiro atoms. The van der Waals surface area contributed by atoms with Crippen LogP contribution in [0.25, 0.3) is 0 Å². The molecule has 2 nitrogen and oxygen atoms in total. The van der Waals surface area contributed by atoms with Gasteiger partial charge < -0.3 is 9.84 Å². The second kappa shape index (κ2) is 5.37. The van der Waals surface area contributed by atoms with Crippen LogP contribution in [-0.4, -0.2) is 12.2 Å². The van der Waals surface area contributed by atoms with Gasteiger partial charge in [-0.1, -0.05) is 18.2 Å². The first-order valence-corrected chi connectivity index (χ1v) is 4.81. The van der Waals surface area contributed by atoms with E-state index < -0.39 is 6.10 Å². The molecule has 0 bridgehead atoms. The van der Waals surface area contributed by atoms with Gasteiger partial charge in [-0.3, -0.25) is 0 Å². The Kier molecular flexibility index (Phi) is 4.13. The van der Waals surface area contributed by atoms with Crippen LogP contribution in [0.5, 0.6) is 5.75 Å². The summed E-state index contributed by atoms with van der Waals surface area (Å²) < 4.78 is 5.13. The summed E-state index contributed by atoms with van der Waals surface area (Å²) in [6, 6.07) is 5.59. The Hall–Kier alpha value is -1.54. The average Bonchev–Trinajstić information content (AvgIpc) is 2.28. The number of benzene rings is 1. The molecule has 2 heteroatoms. The van der Waals surface area contributed by atoms with E-state index in [0.29, 0.717) is 6.42 Å². The molecule has 1 aromatic rings. The minimum absolute atomic E-state index is 0.633. The molecule has 1 aromatic carbocycles. The maximum absolute atomic E-state index is 9.71. The highest BCUT2D eigenvalue weighted by molar-refractivity contribution is 5.39. The van der Waals surface area contributed by atoms with Crippen LogP contribution in [0.3, 0.4) is 0 Å². The Bertz CT molecular complexity index is 356. The Morgan fingerprint density at radius 3 is 2.73 bits per heavy atom. The van der Waals surface area contributed by atoms with Crippen LogP contribution < -0.4 is 4.74 Å². The van der Waals surface area contributed by atoms with E-state index in [1.807, 2.05) is 18.2 Å². The number of methoxy groups -OCH3 is 1. The van der Waals surface area contributed by atoms with Gasteiger partial charge in [0.1, 0.15) is 5.75 Å². The van der Waals surface area contributed by atoms with Gasteiger partial charge in [-0.25, -0.2) is 0 Å². The zero-order chi connectivity index (χ0) is 11.3. The van der Waals surface area contributed by atoms with Crippen molar-refractivity contribution in [3.8, 4) is 5.75 Å². The standard InChI is InChI=1S/C13H16O2/c1-4-6-10-9-11(15-3)7-8-12(10)13(14)5-2/h4-5,7-9,13-14H,1-2,6H2,3H3. The summed E-state index contributed by atoms with van der Waals surface area (Å²) in [7, 11) is 1.62. The second-order valence-corrected chi connectivity index (χ2v) is 3.24. The molecule has 0 saturated carbocycles. The summed E-state index contributed by atoms with van der Waals surface area (Å²) in [6.07, 6.45) is 3.38. The zero-order valence-electron chi connectivity index (χ0n) is 8.94. The summed E-state index contributed by atoms with van der Waals surface area (Å²) in [5.74, 6) is 0.784. The maximum atomic E-state index is 9.71. The SMILES string of the molecule is C=CCc1cc(OC)ccc1C(O)C=C. The number of ether oxygens (including phenoxy) is 1. The first-order valence-electron chi connectivity index (χ1n) is 4.81. The van der Waals surface area contributed by atoms with E-state index in [4.69, 9.17) is 4.74 Å². The molecule has 1 unspecified atom stereocenters. The molecule has 15 heavy (non-hydrogen) atoms. The molecule has 0 amide bonds. The minimum atomic E-state index is -0.633.